The van der Waals surface area contributed by atoms with E-state index in [2.05, 4.69) is 77.5 Å². The number of hydrogen-bond donors (Lipinski definition) is 0. The maximum atomic E-state index is 4.33. The summed E-state index contributed by atoms with van der Waals surface area (Å²) in [5.74, 6) is 0. The van der Waals surface area contributed by atoms with E-state index >= 15 is 0 Å². The largest absolute Gasteiger partial charge is 0.357 e. The Kier molecular flexibility index (Phi) is 11.1. The van der Waals surface area contributed by atoms with Crippen molar-refractivity contribution in [2.24, 2.45) is 0 Å². The van der Waals surface area contributed by atoms with Crippen LogP contribution in [0.25, 0.3) is 22.5 Å². The number of rotatable bonds is 2. The summed E-state index contributed by atoms with van der Waals surface area (Å²) >= 11 is 0. The summed E-state index contributed by atoms with van der Waals surface area (Å²) in [5, 5.41) is 0. The van der Waals surface area contributed by atoms with Crippen LogP contribution in [0.5, 0.6) is 0 Å². The van der Waals surface area contributed by atoms with E-state index in [4.69, 9.17) is 0 Å². The van der Waals surface area contributed by atoms with Gasteiger partial charge < -0.3 is 4.98 Å². The molecule has 4 heterocycles. The first-order valence-electron chi connectivity index (χ1n) is 11.4. The maximum Gasteiger partial charge on any atom is 0.116 e. The predicted molar refractivity (Wildman–Crippen MR) is 143 cm³/mol. The molecule has 0 spiro atoms. The Bertz CT molecular complexity index is 1160. The zero-order valence-electron chi connectivity index (χ0n) is 21.7. The minimum absolute atomic E-state index is 0. The van der Waals surface area contributed by atoms with Crippen LogP contribution >= 0.6 is 0 Å². The Labute approximate surface area is 229 Å². The van der Waals surface area contributed by atoms with Gasteiger partial charge in [0.05, 0.1) is 5.69 Å². The second-order valence-electron chi connectivity index (χ2n) is 10.3. The molecule has 7 heteroatoms. The van der Waals surface area contributed by atoms with Crippen molar-refractivity contribution >= 4 is 0 Å². The van der Waals surface area contributed by atoms with Crippen molar-refractivity contribution in [2.75, 3.05) is 0 Å². The Morgan fingerprint density at radius 3 is 1.72 bits per heavy atom. The summed E-state index contributed by atoms with van der Waals surface area (Å²) in [7, 11) is 0. The second kappa shape index (κ2) is 12.9. The molecule has 0 fully saturated rings. The van der Waals surface area contributed by atoms with Crippen LogP contribution in [0.1, 0.15) is 71.7 Å². The first-order valence-corrected chi connectivity index (χ1v) is 11.4. The van der Waals surface area contributed by atoms with Gasteiger partial charge in [0.15, 0.2) is 0 Å². The molecule has 0 amide bonds. The van der Waals surface area contributed by atoms with Crippen LogP contribution in [0.3, 0.4) is 0 Å². The molecule has 0 N–H and O–H groups in total. The van der Waals surface area contributed by atoms with Crippen LogP contribution in [0.4, 0.5) is 0 Å². The summed E-state index contributed by atoms with van der Waals surface area (Å²) < 4.78 is 0. The molecule has 0 aliphatic carbocycles. The van der Waals surface area contributed by atoms with Crippen LogP contribution < -0.4 is 0 Å². The van der Waals surface area contributed by atoms with Crippen LogP contribution in [0.2, 0.25) is 0 Å². The van der Waals surface area contributed by atoms with Gasteiger partial charge in [-0.3, -0.25) is 9.97 Å². The molecule has 193 valence electrons. The van der Waals surface area contributed by atoms with Crippen molar-refractivity contribution in [3.63, 3.8) is 0 Å². The summed E-state index contributed by atoms with van der Waals surface area (Å²) in [6, 6.07) is 13.0. The molecule has 0 saturated heterocycles. The molecule has 0 saturated carbocycles. The average Bonchev–Trinajstić information content (AvgIpc) is 2.79. The molecule has 36 heavy (non-hydrogen) atoms. The molecule has 1 radical (unpaired) electrons. The summed E-state index contributed by atoms with van der Waals surface area (Å²) in [6.07, 6.45) is 6.77. The molecule has 0 aliphatic heterocycles. The van der Waals surface area contributed by atoms with Crippen molar-refractivity contribution in [2.45, 2.75) is 73.6 Å². The number of aromatic nitrogens is 6. The Morgan fingerprint density at radius 1 is 0.667 bits per heavy atom. The Morgan fingerprint density at radius 2 is 1.19 bits per heavy atom. The van der Waals surface area contributed by atoms with Gasteiger partial charge in [-0.25, -0.2) is 15.0 Å². The Balaban J connectivity index is 0.000000341. The molecule has 4 aromatic rings. The van der Waals surface area contributed by atoms with Gasteiger partial charge in [-0.05, 0) is 36.5 Å². The minimum Gasteiger partial charge on any atom is -0.357 e. The van der Waals surface area contributed by atoms with Crippen molar-refractivity contribution in [3.05, 3.63) is 84.2 Å². The summed E-state index contributed by atoms with van der Waals surface area (Å²) in [4.78, 5) is 25.8. The standard InChI is InChI=1S/C14H17N3.C14H16N3.CH4.Ir/c2*1-10-11(6-5-7-15-10)12-8-13(14(2,3)4)17-9-16-12;;/h5-9H,1-4H3;5,7-9H,1-4H3;1H4;/q;-1;;. The number of pyridine rings is 2. The fraction of sp³-hybridized carbons (Fsp3) is 0.379. The smallest absolute Gasteiger partial charge is 0.116 e. The molecule has 0 aromatic carbocycles. The first-order chi connectivity index (χ1) is 16.0. The van der Waals surface area contributed by atoms with E-state index in [0.717, 1.165) is 45.3 Å². The number of nitrogens with zero attached hydrogens (tertiary/aromatic N) is 6. The fourth-order valence-corrected chi connectivity index (χ4v) is 3.27. The second-order valence-corrected chi connectivity index (χ2v) is 10.3. The summed E-state index contributed by atoms with van der Waals surface area (Å²) in [6.45, 7) is 16.8. The van der Waals surface area contributed by atoms with Crippen molar-refractivity contribution in [1.29, 1.82) is 0 Å². The molecular formula is C29H37IrN6-. The molecule has 0 atom stereocenters. The fourth-order valence-electron chi connectivity index (χ4n) is 3.27. The first kappa shape index (κ1) is 31.1. The third-order valence-electron chi connectivity index (χ3n) is 5.34. The average molecular weight is 662 g/mol. The number of aryl methyl sites for hydroxylation is 2. The van der Waals surface area contributed by atoms with E-state index < -0.39 is 0 Å². The third-order valence-corrected chi connectivity index (χ3v) is 5.34. The van der Waals surface area contributed by atoms with Gasteiger partial charge in [0.25, 0.3) is 0 Å². The molecule has 4 aromatic heterocycles. The summed E-state index contributed by atoms with van der Waals surface area (Å²) in [5.41, 5.74) is 7.90. The zero-order valence-corrected chi connectivity index (χ0v) is 24.1. The normalized spacial score (nSPS) is 10.9. The molecular weight excluding hydrogens is 625 g/mol. The Hall–Kier alpha value is -2.89. The number of hydrogen-bond acceptors (Lipinski definition) is 6. The monoisotopic (exact) mass is 662 g/mol. The van der Waals surface area contributed by atoms with E-state index in [1.54, 1.807) is 31.1 Å². The topological polar surface area (TPSA) is 77.3 Å². The van der Waals surface area contributed by atoms with E-state index in [1.165, 1.54) is 0 Å². The zero-order chi connectivity index (χ0) is 24.9. The van der Waals surface area contributed by atoms with Gasteiger partial charge in [0.1, 0.15) is 12.7 Å². The molecule has 0 bridgehead atoms. The quantitative estimate of drug-likeness (QED) is 0.222. The van der Waals surface area contributed by atoms with E-state index in [-0.39, 0.29) is 38.4 Å². The molecule has 6 nitrogen and oxygen atoms in total. The van der Waals surface area contributed by atoms with Gasteiger partial charge in [-0.15, -0.1) is 17.7 Å². The molecule has 0 unspecified atom stereocenters. The van der Waals surface area contributed by atoms with Crippen molar-refractivity contribution in [1.82, 2.24) is 29.9 Å². The SMILES string of the molecule is C.Cc1ncc[c-]c1-c1cc(C(C)(C)C)ncn1.Cc1ncccc1-c1cc(C(C)(C)C)ncn1.[Ir]. The van der Waals surface area contributed by atoms with E-state index in [9.17, 15) is 0 Å². The van der Waals surface area contributed by atoms with Gasteiger partial charge >= 0.3 is 0 Å². The maximum absolute atomic E-state index is 4.33. The predicted octanol–water partition coefficient (Wildman–Crippen LogP) is 6.72. The molecule has 4 rings (SSSR count). The van der Waals surface area contributed by atoms with Gasteiger partial charge in [0, 0.05) is 59.8 Å². The van der Waals surface area contributed by atoms with Gasteiger partial charge in [-0.1, -0.05) is 68.2 Å². The van der Waals surface area contributed by atoms with E-state index in [1.807, 2.05) is 38.1 Å². The van der Waals surface area contributed by atoms with Crippen molar-refractivity contribution in [3.8, 4) is 22.5 Å². The van der Waals surface area contributed by atoms with E-state index in [0.29, 0.717) is 0 Å². The van der Waals surface area contributed by atoms with Crippen LogP contribution in [0, 0.1) is 19.9 Å². The van der Waals surface area contributed by atoms with Gasteiger partial charge in [-0.2, -0.15) is 0 Å². The molecule has 0 aliphatic rings. The third kappa shape index (κ3) is 8.07. The van der Waals surface area contributed by atoms with Crippen molar-refractivity contribution < 1.29 is 20.1 Å². The van der Waals surface area contributed by atoms with Crippen LogP contribution in [-0.2, 0) is 30.9 Å². The van der Waals surface area contributed by atoms with Crippen LogP contribution in [0.15, 0.2) is 55.4 Å². The minimum atomic E-state index is 0. The van der Waals surface area contributed by atoms with Gasteiger partial charge in [0.2, 0.25) is 0 Å². The van der Waals surface area contributed by atoms with Crippen LogP contribution in [-0.4, -0.2) is 29.9 Å².